The van der Waals surface area contributed by atoms with Gasteiger partial charge in [-0.3, -0.25) is 4.99 Å². The summed E-state index contributed by atoms with van der Waals surface area (Å²) in [5, 5.41) is 3.16. The Balaban J connectivity index is 2.48. The number of rotatable bonds is 1. The predicted molar refractivity (Wildman–Crippen MR) is 44.5 cm³/mol. The first-order chi connectivity index (χ1) is 5.24. The second kappa shape index (κ2) is 3.57. The molecule has 11 heavy (non-hydrogen) atoms. The summed E-state index contributed by atoms with van der Waals surface area (Å²) in [7, 11) is 5.63. The minimum absolute atomic E-state index is 0.130. The minimum atomic E-state index is 0.130. The highest BCUT2D eigenvalue weighted by atomic mass is 16.5. The maximum absolute atomic E-state index is 5.15. The Morgan fingerprint density at radius 1 is 1.64 bits per heavy atom. The van der Waals surface area contributed by atoms with Crippen LogP contribution in [0.3, 0.4) is 0 Å². The van der Waals surface area contributed by atoms with Crippen LogP contribution in [0.25, 0.3) is 0 Å². The highest BCUT2D eigenvalue weighted by Gasteiger charge is 2.14. The van der Waals surface area contributed by atoms with Crippen molar-refractivity contribution in [1.82, 2.24) is 10.2 Å². The molecule has 0 saturated heterocycles. The molecule has 0 radical (unpaired) electrons. The third kappa shape index (κ3) is 2.08. The van der Waals surface area contributed by atoms with E-state index in [-0.39, 0.29) is 6.23 Å². The maximum atomic E-state index is 5.15. The van der Waals surface area contributed by atoms with Gasteiger partial charge in [0.05, 0.1) is 0 Å². The quantitative estimate of drug-likeness (QED) is 0.576. The van der Waals surface area contributed by atoms with Crippen LogP contribution in [0.5, 0.6) is 0 Å². The van der Waals surface area contributed by atoms with E-state index in [9.17, 15) is 0 Å². The van der Waals surface area contributed by atoms with Crippen molar-refractivity contribution in [3.8, 4) is 0 Å². The molecule has 0 aliphatic carbocycles. The van der Waals surface area contributed by atoms with Crippen molar-refractivity contribution in [2.75, 3.05) is 27.7 Å². The summed E-state index contributed by atoms with van der Waals surface area (Å²) in [6.07, 6.45) is 1.08. The second-order valence-electron chi connectivity index (χ2n) is 2.76. The van der Waals surface area contributed by atoms with Gasteiger partial charge in [0.25, 0.3) is 0 Å². The van der Waals surface area contributed by atoms with Crippen LogP contribution in [0.2, 0.25) is 0 Å². The average Bonchev–Trinajstić information content (AvgIpc) is 2.05. The van der Waals surface area contributed by atoms with E-state index in [0.717, 1.165) is 18.9 Å². The third-order valence-electron chi connectivity index (χ3n) is 1.65. The van der Waals surface area contributed by atoms with E-state index >= 15 is 0 Å². The van der Waals surface area contributed by atoms with Gasteiger partial charge >= 0.3 is 0 Å². The Kier molecular flexibility index (Phi) is 2.70. The fourth-order valence-corrected chi connectivity index (χ4v) is 0.997. The molecular formula is C7H15N3O. The lowest BCUT2D eigenvalue weighted by Gasteiger charge is -2.26. The molecular weight excluding hydrogens is 142 g/mol. The zero-order valence-corrected chi connectivity index (χ0v) is 7.29. The Morgan fingerprint density at radius 3 is 2.91 bits per heavy atom. The number of methoxy groups -OCH3 is 1. The Morgan fingerprint density at radius 2 is 2.36 bits per heavy atom. The van der Waals surface area contributed by atoms with Crippen molar-refractivity contribution in [3.63, 3.8) is 0 Å². The molecule has 1 atom stereocenters. The third-order valence-corrected chi connectivity index (χ3v) is 1.65. The van der Waals surface area contributed by atoms with Crippen molar-refractivity contribution < 1.29 is 4.74 Å². The van der Waals surface area contributed by atoms with E-state index in [2.05, 4.69) is 10.3 Å². The SMILES string of the molecule is COC1CCN=C(N(C)C)N1. The van der Waals surface area contributed by atoms with Gasteiger partial charge in [0.1, 0.15) is 6.23 Å². The van der Waals surface area contributed by atoms with E-state index < -0.39 is 0 Å². The highest BCUT2D eigenvalue weighted by molar-refractivity contribution is 5.80. The molecule has 0 aromatic heterocycles. The number of hydrogen-bond acceptors (Lipinski definition) is 4. The molecule has 0 spiro atoms. The lowest BCUT2D eigenvalue weighted by atomic mass is 10.3. The Bertz CT molecular complexity index is 156. The van der Waals surface area contributed by atoms with E-state index in [1.165, 1.54) is 0 Å². The van der Waals surface area contributed by atoms with Crippen LogP contribution in [0.4, 0.5) is 0 Å². The van der Waals surface area contributed by atoms with Crippen LogP contribution in [-0.2, 0) is 4.74 Å². The molecule has 0 aromatic carbocycles. The van der Waals surface area contributed by atoms with Crippen LogP contribution in [-0.4, -0.2) is 44.8 Å². The van der Waals surface area contributed by atoms with Gasteiger partial charge in [0.2, 0.25) is 0 Å². The van der Waals surface area contributed by atoms with Gasteiger partial charge in [0.15, 0.2) is 5.96 Å². The van der Waals surface area contributed by atoms with Crippen molar-refractivity contribution in [2.24, 2.45) is 4.99 Å². The summed E-state index contributed by atoms with van der Waals surface area (Å²) in [5.74, 6) is 0.906. The summed E-state index contributed by atoms with van der Waals surface area (Å²) >= 11 is 0. The summed E-state index contributed by atoms with van der Waals surface area (Å²) in [6, 6.07) is 0. The van der Waals surface area contributed by atoms with E-state index in [1.807, 2.05) is 19.0 Å². The zero-order valence-electron chi connectivity index (χ0n) is 7.29. The number of guanidine groups is 1. The summed E-state index contributed by atoms with van der Waals surface area (Å²) < 4.78 is 5.15. The smallest absolute Gasteiger partial charge is 0.195 e. The van der Waals surface area contributed by atoms with Gasteiger partial charge in [-0.05, 0) is 0 Å². The second-order valence-corrected chi connectivity index (χ2v) is 2.76. The van der Waals surface area contributed by atoms with Crippen LogP contribution in [0.1, 0.15) is 6.42 Å². The first-order valence-corrected chi connectivity index (χ1v) is 3.75. The van der Waals surface area contributed by atoms with Gasteiger partial charge in [-0.1, -0.05) is 0 Å². The molecule has 0 bridgehead atoms. The molecule has 1 aliphatic heterocycles. The fraction of sp³-hybridized carbons (Fsp3) is 0.857. The molecule has 1 heterocycles. The number of hydrogen-bond donors (Lipinski definition) is 1. The molecule has 0 fully saturated rings. The fourth-order valence-electron chi connectivity index (χ4n) is 0.997. The Hall–Kier alpha value is -0.770. The lowest BCUT2D eigenvalue weighted by Crippen LogP contribution is -2.46. The van der Waals surface area contributed by atoms with E-state index in [4.69, 9.17) is 4.74 Å². The maximum Gasteiger partial charge on any atom is 0.195 e. The van der Waals surface area contributed by atoms with E-state index in [0.29, 0.717) is 0 Å². The number of nitrogens with one attached hydrogen (secondary N) is 1. The monoisotopic (exact) mass is 157 g/mol. The molecule has 64 valence electrons. The molecule has 1 unspecified atom stereocenters. The van der Waals surface area contributed by atoms with Gasteiger partial charge in [-0.25, -0.2) is 0 Å². The van der Waals surface area contributed by atoms with E-state index in [1.54, 1.807) is 7.11 Å². The molecule has 0 aromatic rings. The molecule has 4 nitrogen and oxygen atoms in total. The molecule has 1 aliphatic rings. The average molecular weight is 157 g/mol. The molecule has 1 N–H and O–H groups in total. The minimum Gasteiger partial charge on any atom is -0.362 e. The topological polar surface area (TPSA) is 36.9 Å². The number of aliphatic imine (C=N–C) groups is 1. The number of ether oxygens (including phenoxy) is 1. The van der Waals surface area contributed by atoms with Crippen LogP contribution >= 0.6 is 0 Å². The number of nitrogens with zero attached hydrogens (tertiary/aromatic N) is 2. The van der Waals surface area contributed by atoms with Crippen LogP contribution in [0.15, 0.2) is 4.99 Å². The molecule has 4 heteroatoms. The zero-order chi connectivity index (χ0) is 8.27. The highest BCUT2D eigenvalue weighted by Crippen LogP contribution is 2.00. The molecule has 0 amide bonds. The summed E-state index contributed by atoms with van der Waals surface area (Å²) in [4.78, 5) is 6.23. The first kappa shape index (κ1) is 8.33. The Labute approximate surface area is 67.2 Å². The largest absolute Gasteiger partial charge is 0.362 e. The van der Waals surface area contributed by atoms with Gasteiger partial charge in [-0.15, -0.1) is 0 Å². The summed E-state index contributed by atoms with van der Waals surface area (Å²) in [5.41, 5.74) is 0. The van der Waals surface area contributed by atoms with Crippen molar-refractivity contribution >= 4 is 5.96 Å². The first-order valence-electron chi connectivity index (χ1n) is 3.75. The van der Waals surface area contributed by atoms with Gasteiger partial charge < -0.3 is 15.0 Å². The standard InChI is InChI=1S/C7H15N3O/c1-10(2)7-8-5-4-6(9-7)11-3/h6H,4-5H2,1-3H3,(H,8,9). The van der Waals surface area contributed by atoms with Crippen molar-refractivity contribution in [2.45, 2.75) is 12.6 Å². The molecule has 1 rings (SSSR count). The van der Waals surface area contributed by atoms with Crippen molar-refractivity contribution in [3.05, 3.63) is 0 Å². The molecule has 0 saturated carbocycles. The summed E-state index contributed by atoms with van der Waals surface area (Å²) in [6.45, 7) is 0.846. The normalized spacial score (nSPS) is 23.9. The van der Waals surface area contributed by atoms with Crippen LogP contribution in [0, 0.1) is 0 Å². The van der Waals surface area contributed by atoms with Crippen LogP contribution < -0.4 is 5.32 Å². The lowest BCUT2D eigenvalue weighted by molar-refractivity contribution is 0.0786. The predicted octanol–water partition coefficient (Wildman–Crippen LogP) is -0.130. The van der Waals surface area contributed by atoms with Crippen molar-refractivity contribution in [1.29, 1.82) is 0 Å². The van der Waals surface area contributed by atoms with Gasteiger partial charge in [0, 0.05) is 34.2 Å². The van der Waals surface area contributed by atoms with Gasteiger partial charge in [-0.2, -0.15) is 0 Å².